The number of ether oxygens (including phenoxy) is 2. The van der Waals surface area contributed by atoms with Crippen molar-refractivity contribution in [2.45, 2.75) is 13.5 Å². The first-order valence-corrected chi connectivity index (χ1v) is 10.9. The second kappa shape index (κ2) is 12.0. The van der Waals surface area contributed by atoms with Crippen LogP contribution in [-0.4, -0.2) is 18.5 Å². The van der Waals surface area contributed by atoms with Crippen LogP contribution in [0.15, 0.2) is 72.3 Å². The van der Waals surface area contributed by atoms with E-state index in [9.17, 15) is 20.1 Å². The third-order valence-corrected chi connectivity index (χ3v) is 5.10. The number of nitrogens with zero attached hydrogens (tertiary/aromatic N) is 2. The molecular formula is C27H20ClN3O4. The highest BCUT2D eigenvalue weighted by Gasteiger charge is 2.12. The predicted molar refractivity (Wildman–Crippen MR) is 132 cm³/mol. The van der Waals surface area contributed by atoms with E-state index in [0.717, 1.165) is 5.56 Å². The highest BCUT2D eigenvalue weighted by molar-refractivity contribution is 6.32. The summed E-state index contributed by atoms with van der Waals surface area (Å²) >= 11 is 6.33. The number of nitrogens with one attached hydrogen (secondary N) is 1. The van der Waals surface area contributed by atoms with Gasteiger partial charge in [0.1, 0.15) is 24.0 Å². The van der Waals surface area contributed by atoms with Crippen molar-refractivity contribution in [2.75, 3.05) is 11.9 Å². The first-order valence-electron chi connectivity index (χ1n) is 10.6. The number of halogens is 1. The number of anilines is 1. The third-order valence-electron chi connectivity index (χ3n) is 4.81. The van der Waals surface area contributed by atoms with Crippen LogP contribution in [0.2, 0.25) is 5.02 Å². The van der Waals surface area contributed by atoms with Gasteiger partial charge in [-0.05, 0) is 61.0 Å². The van der Waals surface area contributed by atoms with Crippen LogP contribution in [0.3, 0.4) is 0 Å². The molecule has 0 heterocycles. The van der Waals surface area contributed by atoms with Crippen molar-refractivity contribution in [3.8, 4) is 17.9 Å². The molecule has 0 saturated carbocycles. The van der Waals surface area contributed by atoms with Crippen LogP contribution < -0.4 is 10.1 Å². The lowest BCUT2D eigenvalue weighted by atomic mass is 10.1. The zero-order valence-corrected chi connectivity index (χ0v) is 19.5. The quantitative estimate of drug-likeness (QED) is 0.255. The molecule has 3 aromatic carbocycles. The fourth-order valence-corrected chi connectivity index (χ4v) is 3.30. The third kappa shape index (κ3) is 6.70. The van der Waals surface area contributed by atoms with Gasteiger partial charge in [0.15, 0.2) is 0 Å². The van der Waals surface area contributed by atoms with Gasteiger partial charge in [0, 0.05) is 11.3 Å². The van der Waals surface area contributed by atoms with E-state index >= 15 is 0 Å². The van der Waals surface area contributed by atoms with E-state index in [2.05, 4.69) is 11.4 Å². The van der Waals surface area contributed by atoms with Crippen molar-refractivity contribution >= 4 is 35.2 Å². The van der Waals surface area contributed by atoms with Gasteiger partial charge in [-0.25, -0.2) is 4.79 Å². The van der Waals surface area contributed by atoms with Gasteiger partial charge >= 0.3 is 5.97 Å². The van der Waals surface area contributed by atoms with Crippen LogP contribution in [0.1, 0.15) is 34.0 Å². The Morgan fingerprint density at radius 1 is 1.06 bits per heavy atom. The summed E-state index contributed by atoms with van der Waals surface area (Å²) in [6.07, 6.45) is 1.41. The molecule has 8 heteroatoms. The Labute approximate surface area is 207 Å². The molecule has 0 atom stereocenters. The summed E-state index contributed by atoms with van der Waals surface area (Å²) < 4.78 is 10.7. The van der Waals surface area contributed by atoms with Gasteiger partial charge < -0.3 is 14.8 Å². The Kier molecular flexibility index (Phi) is 8.61. The fourth-order valence-electron chi connectivity index (χ4n) is 3.05. The molecule has 7 nitrogen and oxygen atoms in total. The highest BCUT2D eigenvalue weighted by Crippen LogP contribution is 2.28. The molecule has 0 aliphatic heterocycles. The van der Waals surface area contributed by atoms with Gasteiger partial charge in [0.2, 0.25) is 0 Å². The van der Waals surface area contributed by atoms with Crippen molar-refractivity contribution in [1.29, 1.82) is 10.5 Å². The molecule has 0 bridgehead atoms. The van der Waals surface area contributed by atoms with E-state index < -0.39 is 11.9 Å². The maximum atomic E-state index is 12.6. The molecule has 0 unspecified atom stereocenters. The largest absolute Gasteiger partial charge is 0.487 e. The number of carbonyl (C=O) groups is 2. The lowest BCUT2D eigenvalue weighted by molar-refractivity contribution is -0.112. The number of carbonyl (C=O) groups excluding carboxylic acids is 2. The Hall–Kier alpha value is -4.59. The summed E-state index contributed by atoms with van der Waals surface area (Å²) in [5.41, 5.74) is 2.42. The number of rotatable bonds is 8. The van der Waals surface area contributed by atoms with E-state index in [0.29, 0.717) is 33.1 Å². The zero-order valence-electron chi connectivity index (χ0n) is 18.7. The summed E-state index contributed by atoms with van der Waals surface area (Å²) in [6.45, 7) is 2.14. The lowest BCUT2D eigenvalue weighted by Crippen LogP contribution is -2.13. The van der Waals surface area contributed by atoms with E-state index in [-0.39, 0.29) is 18.8 Å². The molecule has 0 aliphatic rings. The zero-order chi connectivity index (χ0) is 25.2. The van der Waals surface area contributed by atoms with Crippen LogP contribution in [0.5, 0.6) is 5.75 Å². The Bertz CT molecular complexity index is 1350. The standard InChI is InChI=1S/C27H20ClN3O4/c1-2-34-27(33)19-8-10-23(11-9-19)31-26(32)22(16-30)13-18-7-12-25(24(28)14-18)35-17-21-6-4-3-5-20(21)15-29/h3-14H,2,17H2,1H3,(H,31,32)/b22-13+. The van der Waals surface area contributed by atoms with Crippen molar-refractivity contribution in [1.82, 2.24) is 0 Å². The number of benzene rings is 3. The van der Waals surface area contributed by atoms with E-state index in [1.54, 1.807) is 55.5 Å². The van der Waals surface area contributed by atoms with Crippen molar-refractivity contribution in [2.24, 2.45) is 0 Å². The number of hydrogen-bond donors (Lipinski definition) is 1. The van der Waals surface area contributed by atoms with Crippen LogP contribution >= 0.6 is 11.6 Å². The predicted octanol–water partition coefficient (Wildman–Crippen LogP) is 5.51. The number of hydrogen-bond acceptors (Lipinski definition) is 6. The van der Waals surface area contributed by atoms with Crippen LogP contribution in [0, 0.1) is 22.7 Å². The molecule has 0 radical (unpaired) electrons. The monoisotopic (exact) mass is 485 g/mol. The maximum absolute atomic E-state index is 12.6. The molecular weight excluding hydrogens is 466 g/mol. The Balaban J connectivity index is 1.68. The van der Waals surface area contributed by atoms with E-state index in [4.69, 9.17) is 21.1 Å². The van der Waals surface area contributed by atoms with Crippen LogP contribution in [-0.2, 0) is 16.1 Å². The summed E-state index contributed by atoms with van der Waals surface area (Å²) in [5, 5.41) is 21.6. The normalized spacial score (nSPS) is 10.6. The second-order valence-electron chi connectivity index (χ2n) is 7.17. The van der Waals surface area contributed by atoms with Crippen molar-refractivity contribution in [3.63, 3.8) is 0 Å². The summed E-state index contributed by atoms with van der Waals surface area (Å²) in [4.78, 5) is 24.3. The molecule has 35 heavy (non-hydrogen) atoms. The molecule has 174 valence electrons. The number of nitriles is 2. The number of amides is 1. The molecule has 1 N–H and O–H groups in total. The van der Waals surface area contributed by atoms with Crippen LogP contribution in [0.25, 0.3) is 6.08 Å². The molecule has 1 amide bonds. The van der Waals surface area contributed by atoms with Gasteiger partial charge in [0.05, 0.1) is 28.8 Å². The van der Waals surface area contributed by atoms with Crippen LogP contribution in [0.4, 0.5) is 5.69 Å². The first-order chi connectivity index (χ1) is 16.9. The fraction of sp³-hybridized carbons (Fsp3) is 0.111. The summed E-state index contributed by atoms with van der Waals surface area (Å²) in [6, 6.07) is 22.1. The summed E-state index contributed by atoms with van der Waals surface area (Å²) in [7, 11) is 0. The van der Waals surface area contributed by atoms with Crippen molar-refractivity contribution in [3.05, 3.63) is 99.6 Å². The molecule has 0 fully saturated rings. The minimum atomic E-state index is -0.610. The molecule has 0 aliphatic carbocycles. The van der Waals surface area contributed by atoms with E-state index in [1.165, 1.54) is 18.2 Å². The van der Waals surface area contributed by atoms with Crippen molar-refractivity contribution < 1.29 is 19.1 Å². The average molecular weight is 486 g/mol. The highest BCUT2D eigenvalue weighted by atomic mass is 35.5. The SMILES string of the molecule is CCOC(=O)c1ccc(NC(=O)/C(C#N)=C/c2ccc(OCc3ccccc3C#N)c(Cl)c2)cc1. The smallest absolute Gasteiger partial charge is 0.338 e. The Morgan fingerprint density at radius 2 is 1.80 bits per heavy atom. The average Bonchev–Trinajstić information content (AvgIpc) is 2.87. The maximum Gasteiger partial charge on any atom is 0.338 e. The topological polar surface area (TPSA) is 112 Å². The molecule has 0 saturated heterocycles. The molecule has 0 spiro atoms. The van der Waals surface area contributed by atoms with Gasteiger partial charge in [-0.15, -0.1) is 0 Å². The van der Waals surface area contributed by atoms with Gasteiger partial charge in [0.25, 0.3) is 5.91 Å². The van der Waals surface area contributed by atoms with Gasteiger partial charge in [-0.2, -0.15) is 10.5 Å². The second-order valence-corrected chi connectivity index (χ2v) is 7.58. The minimum Gasteiger partial charge on any atom is -0.487 e. The lowest BCUT2D eigenvalue weighted by Gasteiger charge is -2.10. The molecule has 3 rings (SSSR count). The van der Waals surface area contributed by atoms with Gasteiger partial charge in [-0.1, -0.05) is 35.9 Å². The minimum absolute atomic E-state index is 0.132. The van der Waals surface area contributed by atoms with E-state index in [1.807, 2.05) is 12.1 Å². The molecule has 0 aromatic heterocycles. The summed E-state index contributed by atoms with van der Waals surface area (Å²) in [5.74, 6) is -0.663. The Morgan fingerprint density at radius 3 is 2.46 bits per heavy atom. The van der Waals surface area contributed by atoms with Gasteiger partial charge in [-0.3, -0.25) is 4.79 Å². The first kappa shape index (κ1) is 25.0. The molecule has 3 aromatic rings. The number of esters is 1.